The van der Waals surface area contributed by atoms with E-state index in [9.17, 15) is 13.9 Å². The van der Waals surface area contributed by atoms with Gasteiger partial charge in [0.1, 0.15) is 9.39 Å². The van der Waals surface area contributed by atoms with Crippen molar-refractivity contribution in [1.82, 2.24) is 4.98 Å². The highest BCUT2D eigenvalue weighted by molar-refractivity contribution is 14.1. The van der Waals surface area contributed by atoms with Crippen molar-refractivity contribution in [2.75, 3.05) is 0 Å². The molecule has 0 aliphatic heterocycles. The third kappa shape index (κ3) is 2.49. The zero-order chi connectivity index (χ0) is 10.0. The Hall–Kier alpha value is 0.0200. The Balaban J connectivity index is 3.22. The van der Waals surface area contributed by atoms with Crippen molar-refractivity contribution >= 4 is 38.5 Å². The second-order valence-electron chi connectivity index (χ2n) is 2.28. The summed E-state index contributed by atoms with van der Waals surface area (Å²) in [5.41, 5.74) is 0.117. The van der Waals surface area contributed by atoms with Crippen LogP contribution in [0.3, 0.4) is 0 Å². The summed E-state index contributed by atoms with van der Waals surface area (Å²) in [5.74, 6) is -0.0399. The van der Waals surface area contributed by atoms with Gasteiger partial charge in [-0.05, 0) is 28.7 Å². The quantitative estimate of drug-likeness (QED) is 0.497. The highest BCUT2D eigenvalue weighted by atomic mass is 127. The van der Waals surface area contributed by atoms with Crippen LogP contribution in [0.5, 0.6) is 5.75 Å². The lowest BCUT2D eigenvalue weighted by molar-refractivity contribution is 0.145. The molecule has 0 bridgehead atoms. The third-order valence-electron chi connectivity index (χ3n) is 1.42. The lowest BCUT2D eigenvalue weighted by Gasteiger charge is -2.05. The molecule has 0 aliphatic rings. The molecule has 0 atom stereocenters. The Morgan fingerprint density at radius 2 is 2.23 bits per heavy atom. The first-order valence-corrected chi connectivity index (χ1v) is 5.48. The van der Waals surface area contributed by atoms with E-state index in [1.54, 1.807) is 22.6 Å². The number of aromatic hydroxyl groups is 1. The minimum absolute atomic E-state index is 0.0399. The Labute approximate surface area is 95.6 Å². The van der Waals surface area contributed by atoms with Gasteiger partial charge in [0.15, 0.2) is 5.75 Å². The maximum atomic E-state index is 12.2. The van der Waals surface area contributed by atoms with Crippen LogP contribution >= 0.6 is 38.5 Å². The summed E-state index contributed by atoms with van der Waals surface area (Å²) < 4.78 is 24.7. The van der Waals surface area contributed by atoms with Crippen molar-refractivity contribution < 1.29 is 13.9 Å². The standard InChI is InChI=1S/C7H5BrF2INO/c8-2-3-1-4(6(9)10)12-7(11)5(3)13/h1,6,13H,2H2. The van der Waals surface area contributed by atoms with Crippen LogP contribution in [0.2, 0.25) is 0 Å². The van der Waals surface area contributed by atoms with Gasteiger partial charge in [0.25, 0.3) is 6.43 Å². The van der Waals surface area contributed by atoms with Gasteiger partial charge in [0.05, 0.1) is 0 Å². The molecule has 1 aromatic heterocycles. The first-order chi connectivity index (χ1) is 6.06. The predicted molar refractivity (Wildman–Crippen MR) is 56.2 cm³/mol. The molecule has 0 unspecified atom stereocenters. The molecular weight excluding hydrogens is 359 g/mol. The monoisotopic (exact) mass is 363 g/mol. The molecule has 0 saturated carbocycles. The maximum Gasteiger partial charge on any atom is 0.280 e. The van der Waals surface area contributed by atoms with Crippen molar-refractivity contribution in [2.45, 2.75) is 11.8 Å². The van der Waals surface area contributed by atoms with Crippen molar-refractivity contribution in [3.05, 3.63) is 21.0 Å². The summed E-state index contributed by atoms with van der Waals surface area (Å²) in [6, 6.07) is 1.19. The summed E-state index contributed by atoms with van der Waals surface area (Å²) in [4.78, 5) is 3.55. The van der Waals surface area contributed by atoms with E-state index in [1.807, 2.05) is 0 Å². The fourth-order valence-corrected chi connectivity index (χ4v) is 1.84. The van der Waals surface area contributed by atoms with Crippen LogP contribution in [-0.2, 0) is 5.33 Å². The first kappa shape index (κ1) is 11.1. The molecule has 0 fully saturated rings. The van der Waals surface area contributed by atoms with E-state index >= 15 is 0 Å². The largest absolute Gasteiger partial charge is 0.505 e. The van der Waals surface area contributed by atoms with E-state index in [-0.39, 0.29) is 15.1 Å². The van der Waals surface area contributed by atoms with Gasteiger partial charge in [-0.3, -0.25) is 0 Å². The highest BCUT2D eigenvalue weighted by Crippen LogP contribution is 2.28. The van der Waals surface area contributed by atoms with Crippen LogP contribution in [0.4, 0.5) is 8.78 Å². The van der Waals surface area contributed by atoms with Crippen LogP contribution < -0.4 is 0 Å². The lowest BCUT2D eigenvalue weighted by atomic mass is 10.2. The Kier molecular flexibility index (Phi) is 3.84. The summed E-state index contributed by atoms with van der Waals surface area (Å²) in [5, 5.41) is 9.69. The molecule has 0 spiro atoms. The van der Waals surface area contributed by atoms with Crippen LogP contribution in [0, 0.1) is 3.70 Å². The van der Waals surface area contributed by atoms with Crippen LogP contribution in [0.25, 0.3) is 0 Å². The van der Waals surface area contributed by atoms with Gasteiger partial charge in [-0.15, -0.1) is 0 Å². The number of pyridine rings is 1. The number of halogens is 4. The van der Waals surface area contributed by atoms with Gasteiger partial charge < -0.3 is 5.11 Å². The topological polar surface area (TPSA) is 33.1 Å². The van der Waals surface area contributed by atoms with Gasteiger partial charge in [0.2, 0.25) is 0 Å². The summed E-state index contributed by atoms with van der Waals surface area (Å²) in [7, 11) is 0. The van der Waals surface area contributed by atoms with E-state index in [1.165, 1.54) is 6.07 Å². The zero-order valence-corrected chi connectivity index (χ0v) is 10.0. The van der Waals surface area contributed by atoms with Crippen molar-refractivity contribution in [1.29, 1.82) is 0 Å². The molecule has 0 amide bonds. The zero-order valence-electron chi connectivity index (χ0n) is 6.27. The third-order valence-corrected chi connectivity index (χ3v) is 2.77. The molecule has 0 saturated heterocycles. The minimum atomic E-state index is -2.60. The van der Waals surface area contributed by atoms with Gasteiger partial charge in [0, 0.05) is 10.9 Å². The Bertz CT molecular complexity index is 322. The number of hydrogen-bond donors (Lipinski definition) is 1. The first-order valence-electron chi connectivity index (χ1n) is 3.28. The molecule has 1 aromatic rings. The van der Waals surface area contributed by atoms with E-state index in [0.29, 0.717) is 10.9 Å². The fourth-order valence-electron chi connectivity index (χ4n) is 0.792. The number of nitrogens with zero attached hydrogens (tertiary/aromatic N) is 1. The number of alkyl halides is 3. The second-order valence-corrected chi connectivity index (χ2v) is 3.86. The molecule has 0 aliphatic carbocycles. The normalized spacial score (nSPS) is 10.8. The highest BCUT2D eigenvalue weighted by Gasteiger charge is 2.14. The molecule has 1 heterocycles. The SMILES string of the molecule is Oc1c(CBr)cc(C(F)F)nc1I. The molecule has 0 aromatic carbocycles. The smallest absolute Gasteiger partial charge is 0.280 e. The molecular formula is C7H5BrF2INO. The minimum Gasteiger partial charge on any atom is -0.505 e. The van der Waals surface area contributed by atoms with Gasteiger partial charge in [-0.25, -0.2) is 13.8 Å². The van der Waals surface area contributed by atoms with E-state index < -0.39 is 6.43 Å². The van der Waals surface area contributed by atoms with Crippen LogP contribution in [-0.4, -0.2) is 10.1 Å². The number of rotatable bonds is 2. The molecule has 1 N–H and O–H groups in total. The van der Waals surface area contributed by atoms with E-state index in [0.717, 1.165) is 0 Å². The average Bonchev–Trinajstić information content (AvgIpc) is 2.09. The Morgan fingerprint density at radius 1 is 1.62 bits per heavy atom. The van der Waals surface area contributed by atoms with Crippen LogP contribution in [0.15, 0.2) is 6.07 Å². The van der Waals surface area contributed by atoms with Crippen LogP contribution in [0.1, 0.15) is 17.7 Å². The molecule has 13 heavy (non-hydrogen) atoms. The molecule has 6 heteroatoms. The molecule has 0 radical (unpaired) electrons. The molecule has 1 rings (SSSR count). The number of aromatic nitrogens is 1. The number of hydrogen-bond acceptors (Lipinski definition) is 2. The van der Waals surface area contributed by atoms with E-state index in [2.05, 4.69) is 20.9 Å². The predicted octanol–water partition coefficient (Wildman–Crippen LogP) is 3.22. The van der Waals surface area contributed by atoms with Gasteiger partial charge >= 0.3 is 0 Å². The molecule has 2 nitrogen and oxygen atoms in total. The fraction of sp³-hybridized carbons (Fsp3) is 0.286. The molecule has 72 valence electrons. The van der Waals surface area contributed by atoms with Gasteiger partial charge in [-0.2, -0.15) is 0 Å². The lowest BCUT2D eigenvalue weighted by Crippen LogP contribution is -1.96. The van der Waals surface area contributed by atoms with Gasteiger partial charge in [-0.1, -0.05) is 15.9 Å². The summed E-state index contributed by atoms with van der Waals surface area (Å²) >= 11 is 4.81. The van der Waals surface area contributed by atoms with Crippen molar-refractivity contribution in [3.8, 4) is 5.75 Å². The van der Waals surface area contributed by atoms with E-state index in [4.69, 9.17) is 0 Å². The summed E-state index contributed by atoms with van der Waals surface area (Å²) in [6.45, 7) is 0. The average molecular weight is 364 g/mol. The second kappa shape index (κ2) is 4.50. The maximum absolute atomic E-state index is 12.2. The van der Waals surface area contributed by atoms with Crippen molar-refractivity contribution in [2.24, 2.45) is 0 Å². The Morgan fingerprint density at radius 3 is 2.69 bits per heavy atom. The summed E-state index contributed by atoms with van der Waals surface area (Å²) in [6.07, 6.45) is -2.60. The van der Waals surface area contributed by atoms with Crippen molar-refractivity contribution in [3.63, 3.8) is 0 Å².